The van der Waals surface area contributed by atoms with Crippen molar-refractivity contribution in [1.82, 2.24) is 15.0 Å². The fraction of sp³-hybridized carbons (Fsp3) is 0.526. The van der Waals surface area contributed by atoms with Crippen molar-refractivity contribution in [3.8, 4) is 0 Å². The van der Waals surface area contributed by atoms with Crippen LogP contribution in [0.5, 0.6) is 0 Å². The van der Waals surface area contributed by atoms with Gasteiger partial charge in [-0.2, -0.15) is 4.98 Å². The second-order valence-electron chi connectivity index (χ2n) is 6.83. The highest BCUT2D eigenvalue weighted by molar-refractivity contribution is 5.77. The van der Waals surface area contributed by atoms with Gasteiger partial charge >= 0.3 is 0 Å². The Balaban J connectivity index is 1.68. The van der Waals surface area contributed by atoms with E-state index in [1.165, 1.54) is 12.8 Å². The van der Waals surface area contributed by atoms with Gasteiger partial charge in [-0.05, 0) is 31.2 Å². The lowest BCUT2D eigenvalue weighted by molar-refractivity contribution is -0.135. The van der Waals surface area contributed by atoms with Crippen molar-refractivity contribution in [3.63, 3.8) is 0 Å². The number of amides is 1. The average molecular weight is 325 g/mol. The fourth-order valence-corrected chi connectivity index (χ4v) is 3.90. The quantitative estimate of drug-likeness (QED) is 0.857. The van der Waals surface area contributed by atoms with E-state index in [1.54, 1.807) is 0 Å². The Kier molecular flexibility index (Phi) is 4.32. The Morgan fingerprint density at radius 3 is 2.62 bits per heavy atom. The maximum Gasteiger partial charge on any atom is 0.254 e. The van der Waals surface area contributed by atoms with E-state index in [1.807, 2.05) is 35.2 Å². The van der Waals surface area contributed by atoms with Crippen LogP contribution in [0.25, 0.3) is 0 Å². The minimum atomic E-state index is -0.262. The third kappa shape index (κ3) is 2.95. The lowest BCUT2D eigenvalue weighted by Gasteiger charge is -2.32. The van der Waals surface area contributed by atoms with Gasteiger partial charge in [-0.1, -0.05) is 48.3 Å². The highest BCUT2D eigenvalue weighted by Gasteiger charge is 2.33. The first-order chi connectivity index (χ1) is 11.8. The predicted molar refractivity (Wildman–Crippen MR) is 89.4 cm³/mol. The number of carbonyl (C=O) groups excluding carboxylic acids is 1. The summed E-state index contributed by atoms with van der Waals surface area (Å²) in [7, 11) is 0. The van der Waals surface area contributed by atoms with Gasteiger partial charge in [0.05, 0.1) is 0 Å². The van der Waals surface area contributed by atoms with Gasteiger partial charge in [-0.15, -0.1) is 0 Å². The first kappa shape index (κ1) is 15.4. The molecule has 0 N–H and O–H groups in total. The van der Waals surface area contributed by atoms with Crippen LogP contribution in [0.2, 0.25) is 0 Å². The molecule has 1 aromatic carbocycles. The molecule has 24 heavy (non-hydrogen) atoms. The zero-order valence-corrected chi connectivity index (χ0v) is 13.9. The molecule has 5 nitrogen and oxygen atoms in total. The first-order valence-corrected chi connectivity index (χ1v) is 9.01. The average Bonchev–Trinajstić information content (AvgIpc) is 3.29. The molecule has 1 aromatic heterocycles. The Morgan fingerprint density at radius 2 is 1.88 bits per heavy atom. The summed E-state index contributed by atoms with van der Waals surface area (Å²) in [5.74, 6) is 1.96. The summed E-state index contributed by atoms with van der Waals surface area (Å²) in [6.45, 7) is 0.750. The molecule has 4 rings (SSSR count). The number of aromatic nitrogens is 2. The Labute approximate surface area is 142 Å². The third-order valence-electron chi connectivity index (χ3n) is 5.20. The minimum absolute atomic E-state index is 0.177. The lowest BCUT2D eigenvalue weighted by Crippen LogP contribution is -2.39. The molecule has 1 saturated heterocycles. The molecule has 0 bridgehead atoms. The van der Waals surface area contributed by atoms with Crippen LogP contribution in [0.1, 0.15) is 74.2 Å². The summed E-state index contributed by atoms with van der Waals surface area (Å²) in [6, 6.07) is 9.77. The summed E-state index contributed by atoms with van der Waals surface area (Å²) in [5, 5.41) is 4.24. The van der Waals surface area contributed by atoms with Crippen molar-refractivity contribution < 1.29 is 9.32 Å². The summed E-state index contributed by atoms with van der Waals surface area (Å²) >= 11 is 0. The van der Waals surface area contributed by atoms with Gasteiger partial charge in [0.25, 0.3) is 5.89 Å². The first-order valence-electron chi connectivity index (χ1n) is 9.01. The molecule has 2 aromatic rings. The highest BCUT2D eigenvalue weighted by atomic mass is 16.5. The number of nitrogens with zero attached hydrogens (tertiary/aromatic N) is 3. The van der Waals surface area contributed by atoms with Crippen LogP contribution in [0.15, 0.2) is 34.9 Å². The molecule has 1 amide bonds. The molecule has 1 unspecified atom stereocenters. The molecule has 1 aliphatic carbocycles. The van der Waals surface area contributed by atoms with Crippen LogP contribution in [0.4, 0.5) is 0 Å². The highest BCUT2D eigenvalue weighted by Crippen LogP contribution is 2.35. The standard InChI is InChI=1S/C19H23N3O2/c23-16-12-6-7-13-22(16)17(14-8-2-1-3-9-14)19-20-18(21-24-19)15-10-4-5-11-15/h1-3,8-9,15,17H,4-7,10-13H2. The smallest absolute Gasteiger partial charge is 0.254 e. The molecule has 5 heteroatoms. The van der Waals surface area contributed by atoms with Gasteiger partial charge in [0, 0.05) is 18.9 Å². The van der Waals surface area contributed by atoms with E-state index in [0.717, 1.165) is 43.6 Å². The molecule has 0 radical (unpaired) electrons. The normalized spacial score (nSPS) is 20.5. The number of hydrogen-bond acceptors (Lipinski definition) is 4. The fourth-order valence-electron chi connectivity index (χ4n) is 3.90. The van der Waals surface area contributed by atoms with Crippen LogP contribution in [0.3, 0.4) is 0 Å². The van der Waals surface area contributed by atoms with E-state index in [-0.39, 0.29) is 11.9 Å². The van der Waals surface area contributed by atoms with Crippen molar-refractivity contribution in [2.75, 3.05) is 6.54 Å². The van der Waals surface area contributed by atoms with Crippen molar-refractivity contribution in [2.24, 2.45) is 0 Å². The molecule has 0 spiro atoms. The summed E-state index contributed by atoms with van der Waals surface area (Å²) in [6.07, 6.45) is 7.34. The number of carbonyl (C=O) groups is 1. The molecule has 2 fully saturated rings. The largest absolute Gasteiger partial charge is 0.337 e. The van der Waals surface area contributed by atoms with Crippen LogP contribution in [-0.2, 0) is 4.79 Å². The maximum absolute atomic E-state index is 12.5. The third-order valence-corrected chi connectivity index (χ3v) is 5.20. The number of benzene rings is 1. The Bertz CT molecular complexity index is 692. The summed E-state index contributed by atoms with van der Waals surface area (Å²) in [5.41, 5.74) is 1.04. The van der Waals surface area contributed by atoms with E-state index in [2.05, 4.69) is 5.16 Å². The zero-order valence-electron chi connectivity index (χ0n) is 13.9. The van der Waals surface area contributed by atoms with Crippen LogP contribution >= 0.6 is 0 Å². The zero-order chi connectivity index (χ0) is 16.4. The molecule has 1 aliphatic heterocycles. The van der Waals surface area contributed by atoms with Gasteiger partial charge < -0.3 is 9.42 Å². The topological polar surface area (TPSA) is 59.2 Å². The second-order valence-corrected chi connectivity index (χ2v) is 6.83. The van der Waals surface area contributed by atoms with E-state index in [9.17, 15) is 4.79 Å². The van der Waals surface area contributed by atoms with Gasteiger partial charge in [0.1, 0.15) is 6.04 Å². The molecule has 126 valence electrons. The predicted octanol–water partition coefficient (Wildman–Crippen LogP) is 3.83. The van der Waals surface area contributed by atoms with E-state index in [0.29, 0.717) is 18.2 Å². The van der Waals surface area contributed by atoms with E-state index in [4.69, 9.17) is 9.51 Å². The minimum Gasteiger partial charge on any atom is -0.337 e. The molecule has 2 aliphatic rings. The number of likely N-dealkylation sites (tertiary alicyclic amines) is 1. The van der Waals surface area contributed by atoms with Crippen molar-refractivity contribution in [3.05, 3.63) is 47.6 Å². The molecule has 1 saturated carbocycles. The van der Waals surface area contributed by atoms with Crippen molar-refractivity contribution in [1.29, 1.82) is 0 Å². The van der Waals surface area contributed by atoms with Crippen LogP contribution in [0, 0.1) is 0 Å². The molecular formula is C19H23N3O2. The Hall–Kier alpha value is -2.17. The molecular weight excluding hydrogens is 302 g/mol. The van der Waals surface area contributed by atoms with E-state index < -0.39 is 0 Å². The summed E-state index contributed by atoms with van der Waals surface area (Å²) in [4.78, 5) is 19.1. The Morgan fingerprint density at radius 1 is 1.08 bits per heavy atom. The van der Waals surface area contributed by atoms with Crippen molar-refractivity contribution in [2.45, 2.75) is 56.9 Å². The van der Waals surface area contributed by atoms with Crippen LogP contribution in [-0.4, -0.2) is 27.5 Å². The molecule has 1 atom stereocenters. The van der Waals surface area contributed by atoms with Gasteiger partial charge in [0.2, 0.25) is 5.91 Å². The lowest BCUT2D eigenvalue weighted by atomic mass is 10.0. The summed E-state index contributed by atoms with van der Waals surface area (Å²) < 4.78 is 5.64. The van der Waals surface area contributed by atoms with Gasteiger partial charge in [0.15, 0.2) is 5.82 Å². The van der Waals surface area contributed by atoms with Gasteiger partial charge in [-0.3, -0.25) is 4.79 Å². The monoisotopic (exact) mass is 325 g/mol. The second kappa shape index (κ2) is 6.75. The van der Waals surface area contributed by atoms with E-state index >= 15 is 0 Å². The van der Waals surface area contributed by atoms with Gasteiger partial charge in [-0.25, -0.2) is 0 Å². The number of rotatable bonds is 4. The SMILES string of the molecule is O=C1CCCCN1C(c1ccccc1)c1nc(C2CCCC2)no1. The number of hydrogen-bond donors (Lipinski definition) is 0. The van der Waals surface area contributed by atoms with Crippen molar-refractivity contribution >= 4 is 5.91 Å². The maximum atomic E-state index is 12.5. The van der Waals surface area contributed by atoms with Crippen LogP contribution < -0.4 is 0 Å². The molecule has 2 heterocycles. The number of piperidine rings is 1.